The molecule has 0 aliphatic heterocycles. The standard InChI is InChI=1S/C13H11ClN2O3S/c1-7-6-20-11(12(17)18)10(7)16-13(19)15-9-4-2-8(14)3-5-9/h2-6H,1H3,(H,17,18)(H2,15,16,19). The van der Waals surface area contributed by atoms with E-state index < -0.39 is 12.0 Å². The van der Waals surface area contributed by atoms with Crippen LogP contribution in [0.5, 0.6) is 0 Å². The SMILES string of the molecule is Cc1csc(C(=O)O)c1NC(=O)Nc1ccc(Cl)cc1. The molecule has 5 nitrogen and oxygen atoms in total. The van der Waals surface area contributed by atoms with Crippen molar-refractivity contribution in [2.24, 2.45) is 0 Å². The monoisotopic (exact) mass is 310 g/mol. The number of carbonyl (C=O) groups is 2. The van der Waals surface area contributed by atoms with Gasteiger partial charge >= 0.3 is 12.0 Å². The number of nitrogens with one attached hydrogen (secondary N) is 2. The molecular weight excluding hydrogens is 300 g/mol. The number of aromatic carboxylic acids is 1. The lowest BCUT2D eigenvalue weighted by molar-refractivity contribution is 0.0703. The fourth-order valence-electron chi connectivity index (χ4n) is 1.57. The molecule has 0 saturated carbocycles. The molecule has 104 valence electrons. The molecule has 0 bridgehead atoms. The van der Waals surface area contributed by atoms with Gasteiger partial charge in [-0.05, 0) is 42.1 Å². The molecule has 1 aromatic carbocycles. The Morgan fingerprint density at radius 3 is 2.45 bits per heavy atom. The molecule has 7 heteroatoms. The Hall–Kier alpha value is -2.05. The lowest BCUT2D eigenvalue weighted by atomic mass is 10.2. The maximum Gasteiger partial charge on any atom is 0.348 e. The minimum absolute atomic E-state index is 0.105. The summed E-state index contributed by atoms with van der Waals surface area (Å²) >= 11 is 6.82. The number of amides is 2. The Balaban J connectivity index is 2.10. The highest BCUT2D eigenvalue weighted by Gasteiger charge is 2.17. The van der Waals surface area contributed by atoms with Crippen molar-refractivity contribution in [2.75, 3.05) is 10.6 Å². The number of carboxylic acid groups (broad SMARTS) is 1. The second-order valence-corrected chi connectivity index (χ2v) is 5.33. The van der Waals surface area contributed by atoms with Crippen molar-refractivity contribution < 1.29 is 14.7 Å². The molecule has 2 rings (SSSR count). The predicted molar refractivity (Wildman–Crippen MR) is 80.1 cm³/mol. The first-order valence-electron chi connectivity index (χ1n) is 5.62. The van der Waals surface area contributed by atoms with Gasteiger partial charge in [-0.2, -0.15) is 0 Å². The molecule has 0 aliphatic rings. The van der Waals surface area contributed by atoms with Crippen LogP contribution >= 0.6 is 22.9 Å². The van der Waals surface area contributed by atoms with Crippen LogP contribution in [0.3, 0.4) is 0 Å². The smallest absolute Gasteiger partial charge is 0.348 e. The summed E-state index contributed by atoms with van der Waals surface area (Å²) in [5.74, 6) is -1.06. The van der Waals surface area contributed by atoms with Crippen LogP contribution in [-0.4, -0.2) is 17.1 Å². The van der Waals surface area contributed by atoms with Crippen molar-refractivity contribution in [2.45, 2.75) is 6.92 Å². The van der Waals surface area contributed by atoms with E-state index in [9.17, 15) is 9.59 Å². The molecule has 3 N–H and O–H groups in total. The maximum absolute atomic E-state index is 11.8. The fourth-order valence-corrected chi connectivity index (χ4v) is 2.54. The highest BCUT2D eigenvalue weighted by molar-refractivity contribution is 7.12. The highest BCUT2D eigenvalue weighted by atomic mass is 35.5. The van der Waals surface area contributed by atoms with E-state index in [1.807, 2.05) is 0 Å². The van der Waals surface area contributed by atoms with Gasteiger partial charge in [0.15, 0.2) is 0 Å². The number of thiophene rings is 1. The molecule has 0 fully saturated rings. The Morgan fingerprint density at radius 2 is 1.85 bits per heavy atom. The number of benzene rings is 1. The van der Waals surface area contributed by atoms with Gasteiger partial charge in [0, 0.05) is 10.7 Å². The molecule has 0 saturated heterocycles. The molecule has 2 aromatic rings. The van der Waals surface area contributed by atoms with Gasteiger partial charge in [-0.25, -0.2) is 9.59 Å². The lowest BCUT2D eigenvalue weighted by Crippen LogP contribution is -2.20. The predicted octanol–water partition coefficient (Wildman–Crippen LogP) is 4.05. The van der Waals surface area contributed by atoms with Gasteiger partial charge in [0.1, 0.15) is 4.88 Å². The Kier molecular flexibility index (Phi) is 4.26. The fraction of sp³-hybridized carbons (Fsp3) is 0.0769. The Morgan fingerprint density at radius 1 is 1.20 bits per heavy atom. The lowest BCUT2D eigenvalue weighted by Gasteiger charge is -2.08. The number of hydrogen-bond donors (Lipinski definition) is 3. The van der Waals surface area contributed by atoms with Gasteiger partial charge in [-0.1, -0.05) is 11.6 Å². The van der Waals surface area contributed by atoms with Crippen LogP contribution in [0.1, 0.15) is 15.2 Å². The zero-order valence-electron chi connectivity index (χ0n) is 10.4. The number of carbonyl (C=O) groups excluding carboxylic acids is 1. The number of anilines is 2. The number of aryl methyl sites for hydroxylation is 1. The zero-order chi connectivity index (χ0) is 14.7. The Labute approximate surface area is 124 Å². The van der Waals surface area contributed by atoms with E-state index in [1.54, 1.807) is 36.6 Å². The summed E-state index contributed by atoms with van der Waals surface area (Å²) in [7, 11) is 0. The highest BCUT2D eigenvalue weighted by Crippen LogP contribution is 2.27. The number of carboxylic acids is 1. The third-order valence-electron chi connectivity index (χ3n) is 2.51. The van der Waals surface area contributed by atoms with E-state index in [1.165, 1.54) is 0 Å². The molecule has 2 amide bonds. The summed E-state index contributed by atoms with van der Waals surface area (Å²) in [6.07, 6.45) is 0. The number of halogens is 1. The molecule has 0 atom stereocenters. The van der Waals surface area contributed by atoms with Gasteiger partial charge in [0.05, 0.1) is 5.69 Å². The topological polar surface area (TPSA) is 78.4 Å². The van der Waals surface area contributed by atoms with Crippen LogP contribution in [0, 0.1) is 6.92 Å². The molecule has 0 unspecified atom stereocenters. The molecular formula is C13H11ClN2O3S. The summed E-state index contributed by atoms with van der Waals surface area (Å²) in [6.45, 7) is 1.74. The minimum Gasteiger partial charge on any atom is -0.477 e. The number of rotatable bonds is 3. The second kappa shape index (κ2) is 5.94. The molecule has 1 aromatic heterocycles. The first kappa shape index (κ1) is 14.4. The summed E-state index contributed by atoms with van der Waals surface area (Å²) in [5, 5.41) is 16.4. The van der Waals surface area contributed by atoms with Gasteiger partial charge in [0.25, 0.3) is 0 Å². The van der Waals surface area contributed by atoms with Gasteiger partial charge in [-0.15, -0.1) is 11.3 Å². The van der Waals surface area contributed by atoms with E-state index in [0.29, 0.717) is 22.0 Å². The van der Waals surface area contributed by atoms with E-state index >= 15 is 0 Å². The van der Waals surface area contributed by atoms with Crippen molar-refractivity contribution in [3.05, 3.63) is 45.1 Å². The Bertz CT molecular complexity index is 652. The van der Waals surface area contributed by atoms with E-state index in [-0.39, 0.29) is 4.88 Å². The van der Waals surface area contributed by atoms with Crippen molar-refractivity contribution in [3.63, 3.8) is 0 Å². The van der Waals surface area contributed by atoms with Gasteiger partial charge in [-0.3, -0.25) is 0 Å². The van der Waals surface area contributed by atoms with E-state index in [4.69, 9.17) is 16.7 Å². The van der Waals surface area contributed by atoms with Crippen molar-refractivity contribution in [1.82, 2.24) is 0 Å². The second-order valence-electron chi connectivity index (χ2n) is 4.01. The van der Waals surface area contributed by atoms with Gasteiger partial charge in [0.2, 0.25) is 0 Å². The summed E-state index contributed by atoms with van der Waals surface area (Å²) in [5.41, 5.74) is 1.59. The number of urea groups is 1. The first-order chi connectivity index (χ1) is 9.47. The molecule has 0 radical (unpaired) electrons. The van der Waals surface area contributed by atoms with Crippen LogP contribution in [-0.2, 0) is 0 Å². The molecule has 1 heterocycles. The van der Waals surface area contributed by atoms with Crippen LogP contribution < -0.4 is 10.6 Å². The van der Waals surface area contributed by atoms with Gasteiger partial charge < -0.3 is 15.7 Å². The van der Waals surface area contributed by atoms with Crippen molar-refractivity contribution >= 4 is 46.3 Å². The summed E-state index contributed by atoms with van der Waals surface area (Å²) < 4.78 is 0. The average molecular weight is 311 g/mol. The average Bonchev–Trinajstić information content (AvgIpc) is 2.74. The normalized spacial score (nSPS) is 10.1. The zero-order valence-corrected chi connectivity index (χ0v) is 12.0. The third kappa shape index (κ3) is 3.28. The largest absolute Gasteiger partial charge is 0.477 e. The summed E-state index contributed by atoms with van der Waals surface area (Å²) in [6, 6.07) is 6.10. The van der Waals surface area contributed by atoms with Crippen LogP contribution in [0.2, 0.25) is 5.02 Å². The summed E-state index contributed by atoms with van der Waals surface area (Å²) in [4.78, 5) is 23.0. The quantitative estimate of drug-likeness (QED) is 0.800. The molecule has 0 spiro atoms. The minimum atomic E-state index is -1.06. The van der Waals surface area contributed by atoms with Crippen molar-refractivity contribution in [1.29, 1.82) is 0 Å². The van der Waals surface area contributed by atoms with Crippen molar-refractivity contribution in [3.8, 4) is 0 Å². The van der Waals surface area contributed by atoms with Crippen LogP contribution in [0.15, 0.2) is 29.6 Å². The van der Waals surface area contributed by atoms with E-state index in [2.05, 4.69) is 10.6 Å². The first-order valence-corrected chi connectivity index (χ1v) is 6.88. The molecule has 0 aliphatic carbocycles. The van der Waals surface area contributed by atoms with Crippen LogP contribution in [0.4, 0.5) is 16.2 Å². The maximum atomic E-state index is 11.8. The third-order valence-corrected chi connectivity index (χ3v) is 3.85. The van der Waals surface area contributed by atoms with E-state index in [0.717, 1.165) is 11.3 Å². The molecule has 20 heavy (non-hydrogen) atoms. The number of hydrogen-bond acceptors (Lipinski definition) is 3. The van der Waals surface area contributed by atoms with Crippen LogP contribution in [0.25, 0.3) is 0 Å².